The largest absolute Gasteiger partial charge is 0.369 e. The average Bonchev–Trinajstić information content (AvgIpc) is 2.67. The van der Waals surface area contributed by atoms with Crippen LogP contribution < -0.4 is 11.2 Å². The second-order valence-electron chi connectivity index (χ2n) is 6.57. The van der Waals surface area contributed by atoms with Gasteiger partial charge in [0.15, 0.2) is 0 Å². The van der Waals surface area contributed by atoms with Crippen LogP contribution in [0.25, 0.3) is 5.57 Å². The smallest absolute Gasteiger partial charge is 0.274 e. The molecule has 4 N–H and O–H groups in total. The summed E-state index contributed by atoms with van der Waals surface area (Å²) in [5.41, 5.74) is 9.62. The van der Waals surface area contributed by atoms with Crippen LogP contribution in [0, 0.1) is 5.41 Å². The van der Waals surface area contributed by atoms with Gasteiger partial charge in [0.1, 0.15) is 0 Å². The van der Waals surface area contributed by atoms with Gasteiger partial charge in [-0.2, -0.15) is 0 Å². The first-order valence-electron chi connectivity index (χ1n) is 8.41. The molecule has 1 aliphatic carbocycles. The van der Waals surface area contributed by atoms with E-state index in [0.717, 1.165) is 16.7 Å². The van der Waals surface area contributed by atoms with Gasteiger partial charge in [0.05, 0.1) is 5.41 Å². The Hall–Kier alpha value is -2.89. The maximum Gasteiger partial charge on any atom is 0.274 e. The van der Waals surface area contributed by atoms with Crippen LogP contribution in [0.2, 0.25) is 5.02 Å². The number of primary amides is 1. The van der Waals surface area contributed by atoms with E-state index in [1.165, 1.54) is 0 Å². The van der Waals surface area contributed by atoms with Gasteiger partial charge in [-0.1, -0.05) is 54.1 Å². The third kappa shape index (κ3) is 4.10. The van der Waals surface area contributed by atoms with E-state index in [1.54, 1.807) is 35.8 Å². The van der Waals surface area contributed by atoms with Gasteiger partial charge in [-0.3, -0.25) is 14.8 Å². The van der Waals surface area contributed by atoms with Crippen molar-refractivity contribution in [2.75, 3.05) is 0 Å². The third-order valence-electron chi connectivity index (χ3n) is 4.74. The number of carbonyl (C=O) groups is 2. The molecular formula is C21H19ClN2O3. The minimum atomic E-state index is -0.851. The predicted molar refractivity (Wildman–Crippen MR) is 104 cm³/mol. The Balaban J connectivity index is 1.87. The fraction of sp³-hybridized carbons (Fsp3) is 0.143. The summed E-state index contributed by atoms with van der Waals surface area (Å²) >= 11 is 6.07. The van der Waals surface area contributed by atoms with Crippen LogP contribution in [-0.4, -0.2) is 17.0 Å². The van der Waals surface area contributed by atoms with Gasteiger partial charge >= 0.3 is 0 Å². The molecule has 2 aromatic carbocycles. The summed E-state index contributed by atoms with van der Waals surface area (Å²) in [7, 11) is 0. The fourth-order valence-corrected chi connectivity index (χ4v) is 3.51. The van der Waals surface area contributed by atoms with E-state index < -0.39 is 17.2 Å². The molecule has 0 bridgehead atoms. The SMILES string of the molecule is NC(=O)C1(Cc2cccc(Cl)c2)C=CC=C(c2ccc(C(=O)NO)cc2)C1. The molecule has 0 aromatic heterocycles. The summed E-state index contributed by atoms with van der Waals surface area (Å²) in [6.07, 6.45) is 6.49. The minimum Gasteiger partial charge on any atom is -0.369 e. The van der Waals surface area contributed by atoms with E-state index >= 15 is 0 Å². The third-order valence-corrected chi connectivity index (χ3v) is 4.97. The number of allylic oxidation sites excluding steroid dienone is 3. The summed E-state index contributed by atoms with van der Waals surface area (Å²) in [5.74, 6) is -0.980. The van der Waals surface area contributed by atoms with Crippen LogP contribution in [0.5, 0.6) is 0 Å². The highest BCUT2D eigenvalue weighted by molar-refractivity contribution is 6.30. The Bertz CT molecular complexity index is 935. The number of hydrogen-bond donors (Lipinski definition) is 3. The summed E-state index contributed by atoms with van der Waals surface area (Å²) in [6.45, 7) is 0. The predicted octanol–water partition coefficient (Wildman–Crippen LogP) is 3.52. The summed E-state index contributed by atoms with van der Waals surface area (Å²) in [6, 6.07) is 14.2. The number of benzene rings is 2. The van der Waals surface area contributed by atoms with Crippen LogP contribution >= 0.6 is 11.6 Å². The molecule has 0 radical (unpaired) electrons. The topological polar surface area (TPSA) is 92.4 Å². The first kappa shape index (κ1) is 18.9. The number of halogens is 1. The number of rotatable bonds is 5. The summed E-state index contributed by atoms with van der Waals surface area (Å²) in [4.78, 5) is 23.8. The van der Waals surface area contributed by atoms with Crippen molar-refractivity contribution in [2.24, 2.45) is 11.1 Å². The number of hydrogen-bond acceptors (Lipinski definition) is 3. The second kappa shape index (κ2) is 7.78. The van der Waals surface area contributed by atoms with Crippen molar-refractivity contribution in [3.63, 3.8) is 0 Å². The van der Waals surface area contributed by atoms with Gasteiger partial charge in [0.2, 0.25) is 5.91 Å². The number of nitrogens with two attached hydrogens (primary N) is 1. The Morgan fingerprint density at radius 3 is 2.56 bits per heavy atom. The molecule has 5 nitrogen and oxygen atoms in total. The number of hydroxylamine groups is 1. The highest BCUT2D eigenvalue weighted by Crippen LogP contribution is 2.39. The normalized spacial score (nSPS) is 18.7. The molecule has 0 saturated carbocycles. The summed E-state index contributed by atoms with van der Waals surface area (Å²) < 4.78 is 0. The van der Waals surface area contributed by atoms with Crippen LogP contribution in [0.3, 0.4) is 0 Å². The summed E-state index contributed by atoms with van der Waals surface area (Å²) in [5, 5.41) is 9.33. The lowest BCUT2D eigenvalue weighted by molar-refractivity contribution is -0.125. The molecule has 2 amide bonds. The molecule has 0 aliphatic heterocycles. The lowest BCUT2D eigenvalue weighted by atomic mass is 9.72. The van der Waals surface area contributed by atoms with E-state index in [-0.39, 0.29) is 0 Å². The molecule has 2 aromatic rings. The Labute approximate surface area is 162 Å². The van der Waals surface area contributed by atoms with Crippen molar-refractivity contribution >= 4 is 29.0 Å². The maximum atomic E-state index is 12.4. The Morgan fingerprint density at radius 2 is 1.93 bits per heavy atom. The van der Waals surface area contributed by atoms with Crippen molar-refractivity contribution in [1.29, 1.82) is 0 Å². The molecule has 0 fully saturated rings. The lowest BCUT2D eigenvalue weighted by Crippen LogP contribution is -2.38. The second-order valence-corrected chi connectivity index (χ2v) is 7.01. The van der Waals surface area contributed by atoms with Gasteiger partial charge in [0, 0.05) is 10.6 Å². The highest BCUT2D eigenvalue weighted by atomic mass is 35.5. The molecule has 1 aliphatic rings. The van der Waals surface area contributed by atoms with Crippen molar-refractivity contribution < 1.29 is 14.8 Å². The molecule has 1 unspecified atom stereocenters. The van der Waals surface area contributed by atoms with E-state index in [4.69, 9.17) is 22.5 Å². The van der Waals surface area contributed by atoms with E-state index in [2.05, 4.69) is 0 Å². The van der Waals surface area contributed by atoms with Crippen molar-refractivity contribution in [1.82, 2.24) is 5.48 Å². The zero-order chi connectivity index (χ0) is 19.4. The molecule has 1 atom stereocenters. The van der Waals surface area contributed by atoms with Crippen LogP contribution in [0.15, 0.2) is 66.8 Å². The van der Waals surface area contributed by atoms with E-state index in [9.17, 15) is 9.59 Å². The van der Waals surface area contributed by atoms with Crippen LogP contribution in [-0.2, 0) is 11.2 Å². The highest BCUT2D eigenvalue weighted by Gasteiger charge is 2.36. The zero-order valence-corrected chi connectivity index (χ0v) is 15.2. The molecule has 3 rings (SSSR count). The minimum absolute atomic E-state index is 0.341. The van der Waals surface area contributed by atoms with Crippen molar-refractivity contribution in [3.05, 3.63) is 88.5 Å². The van der Waals surface area contributed by atoms with Gasteiger partial charge in [0.25, 0.3) is 5.91 Å². The molecule has 138 valence electrons. The quantitative estimate of drug-likeness (QED) is 0.545. The van der Waals surface area contributed by atoms with Gasteiger partial charge in [-0.05, 0) is 53.8 Å². The molecule has 27 heavy (non-hydrogen) atoms. The van der Waals surface area contributed by atoms with Gasteiger partial charge in [-0.25, -0.2) is 5.48 Å². The number of carbonyl (C=O) groups excluding carboxylic acids is 2. The Morgan fingerprint density at radius 1 is 1.19 bits per heavy atom. The fourth-order valence-electron chi connectivity index (χ4n) is 3.29. The first-order valence-corrected chi connectivity index (χ1v) is 8.79. The van der Waals surface area contributed by atoms with E-state index in [0.29, 0.717) is 23.4 Å². The number of amides is 2. The van der Waals surface area contributed by atoms with Gasteiger partial charge in [-0.15, -0.1) is 0 Å². The molecular weight excluding hydrogens is 364 g/mol. The van der Waals surface area contributed by atoms with Crippen LogP contribution in [0.4, 0.5) is 0 Å². The van der Waals surface area contributed by atoms with Crippen LogP contribution in [0.1, 0.15) is 27.9 Å². The lowest BCUT2D eigenvalue weighted by Gasteiger charge is -2.31. The zero-order valence-electron chi connectivity index (χ0n) is 14.5. The molecule has 0 heterocycles. The number of nitrogens with one attached hydrogen (secondary N) is 1. The molecule has 0 saturated heterocycles. The first-order chi connectivity index (χ1) is 12.9. The molecule has 6 heteroatoms. The molecule has 0 spiro atoms. The van der Waals surface area contributed by atoms with E-state index in [1.807, 2.05) is 36.4 Å². The van der Waals surface area contributed by atoms with Gasteiger partial charge < -0.3 is 5.73 Å². The standard InChI is InChI=1S/C21H19ClN2O3/c22-18-5-1-3-14(11-18)12-21(20(23)26)10-2-4-17(13-21)15-6-8-16(9-7-15)19(25)24-27/h1-11,27H,12-13H2,(H2,23,26)(H,24,25). The van der Waals surface area contributed by atoms with Crippen molar-refractivity contribution in [3.8, 4) is 0 Å². The van der Waals surface area contributed by atoms with Crippen molar-refractivity contribution in [2.45, 2.75) is 12.8 Å². The monoisotopic (exact) mass is 382 g/mol. The Kier molecular flexibility index (Phi) is 5.44. The average molecular weight is 383 g/mol. The maximum absolute atomic E-state index is 12.4.